The smallest absolute Gasteiger partial charge is 0.235 e. The summed E-state index contributed by atoms with van der Waals surface area (Å²) in [6.07, 6.45) is 0. The van der Waals surface area contributed by atoms with Gasteiger partial charge < -0.3 is 14.5 Å². The Morgan fingerprint density at radius 1 is 1.12 bits per heavy atom. The number of piperazine rings is 1. The molecule has 0 N–H and O–H groups in total. The molecule has 0 unspecified atom stereocenters. The molecule has 0 saturated carbocycles. The maximum Gasteiger partial charge on any atom is 0.235 e. The Morgan fingerprint density at radius 3 is 2.48 bits per heavy atom. The van der Waals surface area contributed by atoms with E-state index in [4.69, 9.17) is 16.3 Å². The number of amides is 1. The van der Waals surface area contributed by atoms with E-state index in [0.717, 1.165) is 44.0 Å². The molecule has 1 aliphatic rings. The number of ether oxygens (including phenoxy) is 1. The van der Waals surface area contributed by atoms with E-state index in [1.807, 2.05) is 64.9 Å². The molecule has 3 aromatic rings. The minimum atomic E-state index is -0.293. The third-order valence-electron chi connectivity index (χ3n) is 5.82. The van der Waals surface area contributed by atoms with Gasteiger partial charge in [0.25, 0.3) is 0 Å². The molecule has 9 heteroatoms. The standard InChI is InChI=1S/C24H28ClN5O2S/c1-4-28-12-14-29(15-13-28)23(31)17(2)33-24-27-26-22(18-8-6-5-7-9-18)30(24)19-10-11-21(32-3)20(25)16-19/h5-11,16-17H,4,12-15H2,1-3H3/t17-/m1/s1. The van der Waals surface area contributed by atoms with E-state index in [0.29, 0.717) is 21.8 Å². The van der Waals surface area contributed by atoms with Crippen LogP contribution in [0.3, 0.4) is 0 Å². The molecule has 7 nitrogen and oxygen atoms in total. The van der Waals surface area contributed by atoms with E-state index in [1.54, 1.807) is 7.11 Å². The van der Waals surface area contributed by atoms with Crippen LogP contribution in [-0.4, -0.2) is 75.6 Å². The highest BCUT2D eigenvalue weighted by molar-refractivity contribution is 8.00. The number of thioether (sulfide) groups is 1. The molecular weight excluding hydrogens is 458 g/mol. The van der Waals surface area contributed by atoms with Gasteiger partial charge in [-0.1, -0.05) is 60.6 Å². The number of methoxy groups -OCH3 is 1. The maximum absolute atomic E-state index is 13.2. The fourth-order valence-electron chi connectivity index (χ4n) is 3.90. The van der Waals surface area contributed by atoms with Crippen molar-refractivity contribution in [2.75, 3.05) is 39.8 Å². The van der Waals surface area contributed by atoms with Crippen molar-refractivity contribution in [3.05, 3.63) is 53.6 Å². The van der Waals surface area contributed by atoms with Gasteiger partial charge in [0.15, 0.2) is 11.0 Å². The zero-order chi connectivity index (χ0) is 23.4. The second-order valence-electron chi connectivity index (χ2n) is 7.85. The second kappa shape index (κ2) is 10.6. The van der Waals surface area contributed by atoms with Crippen LogP contribution >= 0.6 is 23.4 Å². The molecular formula is C24H28ClN5O2S. The molecule has 1 atom stereocenters. The van der Waals surface area contributed by atoms with E-state index >= 15 is 0 Å². The molecule has 2 heterocycles. The van der Waals surface area contributed by atoms with E-state index in [1.165, 1.54) is 11.8 Å². The third kappa shape index (κ3) is 5.18. The van der Waals surface area contributed by atoms with E-state index < -0.39 is 0 Å². The highest BCUT2D eigenvalue weighted by atomic mass is 35.5. The predicted molar refractivity (Wildman–Crippen MR) is 132 cm³/mol. The van der Waals surface area contributed by atoms with Gasteiger partial charge in [-0.25, -0.2) is 0 Å². The molecule has 2 aromatic carbocycles. The summed E-state index contributed by atoms with van der Waals surface area (Å²) in [6, 6.07) is 15.4. The van der Waals surface area contributed by atoms with Crippen molar-refractivity contribution in [3.63, 3.8) is 0 Å². The fraction of sp³-hybridized carbons (Fsp3) is 0.375. The predicted octanol–water partition coefficient (Wildman–Crippen LogP) is 4.24. The molecule has 4 rings (SSSR count). The lowest BCUT2D eigenvalue weighted by Crippen LogP contribution is -2.50. The first-order valence-corrected chi connectivity index (χ1v) is 12.3. The summed E-state index contributed by atoms with van der Waals surface area (Å²) in [5.74, 6) is 1.41. The Morgan fingerprint density at radius 2 is 1.85 bits per heavy atom. The first-order valence-electron chi connectivity index (χ1n) is 11.0. The summed E-state index contributed by atoms with van der Waals surface area (Å²) in [5, 5.41) is 9.77. The summed E-state index contributed by atoms with van der Waals surface area (Å²) in [7, 11) is 1.59. The Bertz CT molecular complexity index is 1100. The quantitative estimate of drug-likeness (QED) is 0.466. The normalized spacial score (nSPS) is 15.5. The van der Waals surface area contributed by atoms with E-state index in [2.05, 4.69) is 22.0 Å². The Hall–Kier alpha value is -2.55. The first kappa shape index (κ1) is 23.6. The lowest BCUT2D eigenvalue weighted by molar-refractivity contribution is -0.132. The minimum Gasteiger partial charge on any atom is -0.495 e. The summed E-state index contributed by atoms with van der Waals surface area (Å²) in [6.45, 7) is 8.44. The number of hydrogen-bond acceptors (Lipinski definition) is 6. The summed E-state index contributed by atoms with van der Waals surface area (Å²) < 4.78 is 7.26. The minimum absolute atomic E-state index is 0.124. The summed E-state index contributed by atoms with van der Waals surface area (Å²) >= 11 is 7.84. The third-order valence-corrected chi connectivity index (χ3v) is 7.15. The van der Waals surface area contributed by atoms with Gasteiger partial charge >= 0.3 is 0 Å². The van der Waals surface area contributed by atoms with Crippen molar-refractivity contribution in [1.29, 1.82) is 0 Å². The van der Waals surface area contributed by atoms with Crippen molar-refractivity contribution < 1.29 is 9.53 Å². The Labute approximate surface area is 203 Å². The van der Waals surface area contributed by atoms with Crippen LogP contribution in [0.4, 0.5) is 0 Å². The van der Waals surface area contributed by atoms with Crippen molar-refractivity contribution in [1.82, 2.24) is 24.6 Å². The maximum atomic E-state index is 13.2. The average Bonchev–Trinajstić information content (AvgIpc) is 3.27. The SMILES string of the molecule is CCN1CCN(C(=O)[C@@H](C)Sc2nnc(-c3ccccc3)n2-c2ccc(OC)c(Cl)c2)CC1. The molecule has 1 aromatic heterocycles. The van der Waals surface area contributed by atoms with Crippen LogP contribution in [0.1, 0.15) is 13.8 Å². The summed E-state index contributed by atoms with van der Waals surface area (Å²) in [5.41, 5.74) is 1.74. The van der Waals surface area contributed by atoms with Gasteiger partial charge in [0, 0.05) is 31.7 Å². The number of carbonyl (C=O) groups excluding carboxylic acids is 1. The Balaban J connectivity index is 1.64. The number of nitrogens with zero attached hydrogens (tertiary/aromatic N) is 5. The van der Waals surface area contributed by atoms with Gasteiger partial charge in [-0.15, -0.1) is 10.2 Å². The van der Waals surface area contributed by atoms with Crippen molar-refractivity contribution >= 4 is 29.3 Å². The molecule has 1 saturated heterocycles. The zero-order valence-corrected chi connectivity index (χ0v) is 20.6. The van der Waals surface area contributed by atoms with Crippen LogP contribution in [0.25, 0.3) is 17.1 Å². The fourth-order valence-corrected chi connectivity index (χ4v) is 5.10. The zero-order valence-electron chi connectivity index (χ0n) is 19.1. The molecule has 1 amide bonds. The van der Waals surface area contributed by atoms with Crippen LogP contribution in [0.2, 0.25) is 5.02 Å². The van der Waals surface area contributed by atoms with Gasteiger partial charge in [-0.2, -0.15) is 0 Å². The largest absolute Gasteiger partial charge is 0.495 e. The molecule has 0 aliphatic carbocycles. The van der Waals surface area contributed by atoms with Crippen LogP contribution in [-0.2, 0) is 4.79 Å². The van der Waals surface area contributed by atoms with Crippen LogP contribution in [0.5, 0.6) is 5.75 Å². The summed E-state index contributed by atoms with van der Waals surface area (Å²) in [4.78, 5) is 17.5. The van der Waals surface area contributed by atoms with Crippen LogP contribution in [0, 0.1) is 0 Å². The molecule has 0 spiro atoms. The lowest BCUT2D eigenvalue weighted by atomic mass is 10.2. The molecule has 0 radical (unpaired) electrons. The molecule has 33 heavy (non-hydrogen) atoms. The van der Waals surface area contributed by atoms with E-state index in [9.17, 15) is 4.79 Å². The molecule has 174 valence electrons. The monoisotopic (exact) mass is 485 g/mol. The number of halogens is 1. The lowest BCUT2D eigenvalue weighted by Gasteiger charge is -2.35. The number of rotatable bonds is 7. The van der Waals surface area contributed by atoms with Crippen molar-refractivity contribution in [2.45, 2.75) is 24.3 Å². The second-order valence-corrected chi connectivity index (χ2v) is 9.56. The topological polar surface area (TPSA) is 63.5 Å². The number of likely N-dealkylation sites (N-methyl/N-ethyl adjacent to an activating group) is 1. The van der Waals surface area contributed by atoms with Gasteiger partial charge in [0.05, 0.1) is 23.1 Å². The molecule has 0 bridgehead atoms. The highest BCUT2D eigenvalue weighted by Crippen LogP contribution is 2.34. The van der Waals surface area contributed by atoms with Crippen LogP contribution < -0.4 is 4.74 Å². The van der Waals surface area contributed by atoms with Gasteiger partial charge in [-0.05, 0) is 31.7 Å². The highest BCUT2D eigenvalue weighted by Gasteiger charge is 2.27. The molecule has 1 fully saturated rings. The molecule has 1 aliphatic heterocycles. The van der Waals surface area contributed by atoms with Gasteiger partial charge in [-0.3, -0.25) is 9.36 Å². The van der Waals surface area contributed by atoms with Gasteiger partial charge in [0.2, 0.25) is 5.91 Å². The van der Waals surface area contributed by atoms with Crippen LogP contribution in [0.15, 0.2) is 53.7 Å². The first-order chi connectivity index (χ1) is 16.0. The van der Waals surface area contributed by atoms with E-state index in [-0.39, 0.29) is 11.2 Å². The number of carbonyl (C=O) groups is 1. The number of benzene rings is 2. The van der Waals surface area contributed by atoms with Crippen molar-refractivity contribution in [2.24, 2.45) is 0 Å². The average molecular weight is 486 g/mol. The van der Waals surface area contributed by atoms with Crippen molar-refractivity contribution in [3.8, 4) is 22.8 Å². The Kier molecular flexibility index (Phi) is 7.57. The number of hydrogen-bond donors (Lipinski definition) is 0. The van der Waals surface area contributed by atoms with Gasteiger partial charge in [0.1, 0.15) is 5.75 Å². The number of aromatic nitrogens is 3.